The zero-order valence-electron chi connectivity index (χ0n) is 15.8. The summed E-state index contributed by atoms with van der Waals surface area (Å²) in [5.41, 5.74) is 4.02. The molecule has 0 aromatic carbocycles. The van der Waals surface area contributed by atoms with E-state index in [2.05, 4.69) is 27.0 Å². The van der Waals surface area contributed by atoms with Crippen molar-refractivity contribution in [3.63, 3.8) is 0 Å². The van der Waals surface area contributed by atoms with Crippen LogP contribution in [0.25, 0.3) is 27.9 Å². The number of hydrogen-bond acceptors (Lipinski definition) is 5. The van der Waals surface area contributed by atoms with Crippen LogP contribution in [0.15, 0.2) is 42.7 Å². The summed E-state index contributed by atoms with van der Waals surface area (Å²) in [6.45, 7) is 5.94. The van der Waals surface area contributed by atoms with Crippen molar-refractivity contribution in [2.24, 2.45) is 7.05 Å². The molecule has 1 aliphatic carbocycles. The number of nitrogens with zero attached hydrogens (tertiary/aromatic N) is 6. The van der Waals surface area contributed by atoms with E-state index < -0.39 is 5.67 Å². The summed E-state index contributed by atoms with van der Waals surface area (Å²) in [7, 11) is 1.95. The van der Waals surface area contributed by atoms with Crippen molar-refractivity contribution in [2.45, 2.75) is 25.4 Å². The number of rotatable bonds is 4. The summed E-state index contributed by atoms with van der Waals surface area (Å²) in [6, 6.07) is 5.88. The van der Waals surface area contributed by atoms with Crippen molar-refractivity contribution in [3.05, 3.63) is 48.6 Å². The predicted octanol–water partition coefficient (Wildman–Crippen LogP) is 3.46. The van der Waals surface area contributed by atoms with Crippen LogP contribution in [0.5, 0.6) is 0 Å². The largest absolute Gasteiger partial charge is 0.350 e. The molecule has 1 saturated carbocycles. The highest BCUT2D eigenvalue weighted by molar-refractivity contribution is 5.82. The number of aromatic nitrogens is 6. The molecule has 0 amide bonds. The Labute approximate surface area is 160 Å². The fourth-order valence-corrected chi connectivity index (χ4v) is 3.73. The van der Waals surface area contributed by atoms with Crippen molar-refractivity contribution in [1.82, 2.24) is 29.1 Å². The van der Waals surface area contributed by atoms with E-state index in [1.807, 2.05) is 42.9 Å². The summed E-state index contributed by atoms with van der Waals surface area (Å²) in [5, 5.41) is 7.44. The second kappa shape index (κ2) is 5.85. The lowest BCUT2D eigenvalue weighted by atomic mass is 9.78. The van der Waals surface area contributed by atoms with E-state index in [9.17, 15) is 4.39 Å². The maximum absolute atomic E-state index is 14.3. The van der Waals surface area contributed by atoms with Gasteiger partial charge in [-0.2, -0.15) is 0 Å². The molecule has 0 aliphatic heterocycles. The molecule has 5 rings (SSSR count). The maximum atomic E-state index is 14.3. The third kappa shape index (κ3) is 2.64. The van der Waals surface area contributed by atoms with Crippen LogP contribution in [0.2, 0.25) is 0 Å². The van der Waals surface area contributed by atoms with Crippen LogP contribution in [0.3, 0.4) is 0 Å². The normalized spacial score (nSPS) is 15.9. The number of hydrogen-bond donors (Lipinski definition) is 1. The first kappa shape index (κ1) is 16.9. The lowest BCUT2D eigenvalue weighted by Crippen LogP contribution is -2.40. The average Bonchev–Trinajstić information content (AvgIpc) is 3.19. The fraction of sp³-hybridized carbons (Fsp3) is 0.300. The maximum Gasteiger partial charge on any atom is 0.241 e. The van der Waals surface area contributed by atoms with Gasteiger partial charge in [0, 0.05) is 31.6 Å². The van der Waals surface area contributed by atoms with Crippen LogP contribution in [-0.2, 0) is 7.05 Å². The van der Waals surface area contributed by atoms with E-state index in [0.717, 1.165) is 39.3 Å². The smallest absolute Gasteiger partial charge is 0.241 e. The third-order valence-corrected chi connectivity index (χ3v) is 5.33. The standard InChI is InChI=1S/C20H20FN7/c1-12-8-20(21,9-12)11-23-19-22-10-17-14(6-7-28(17)26-19)15-4-5-16-18(25-15)27(3)13(2)24-16/h4-7,10H,1,8-9,11H2,2-3H3,(H,23,26). The summed E-state index contributed by atoms with van der Waals surface area (Å²) >= 11 is 0. The molecule has 4 heterocycles. The number of aryl methyl sites for hydroxylation is 2. The molecule has 4 aromatic heterocycles. The van der Waals surface area contributed by atoms with Crippen LogP contribution >= 0.6 is 0 Å². The molecule has 1 fully saturated rings. The minimum absolute atomic E-state index is 0.184. The van der Waals surface area contributed by atoms with Crippen molar-refractivity contribution < 1.29 is 4.39 Å². The van der Waals surface area contributed by atoms with Gasteiger partial charge in [-0.1, -0.05) is 12.2 Å². The molecule has 1 aliphatic rings. The number of pyridine rings is 1. The van der Waals surface area contributed by atoms with Crippen LogP contribution in [-0.4, -0.2) is 41.3 Å². The zero-order valence-corrected chi connectivity index (χ0v) is 15.8. The number of imidazole rings is 1. The van der Waals surface area contributed by atoms with E-state index in [4.69, 9.17) is 4.98 Å². The van der Waals surface area contributed by atoms with Crippen molar-refractivity contribution in [1.29, 1.82) is 0 Å². The number of fused-ring (bicyclic) bond motifs is 2. The van der Waals surface area contributed by atoms with Gasteiger partial charge in [0.1, 0.15) is 17.0 Å². The summed E-state index contributed by atoms with van der Waals surface area (Å²) in [6.07, 6.45) is 4.39. The third-order valence-electron chi connectivity index (χ3n) is 5.33. The van der Waals surface area contributed by atoms with E-state index >= 15 is 0 Å². The van der Waals surface area contributed by atoms with Gasteiger partial charge in [-0.25, -0.2) is 23.9 Å². The first-order valence-corrected chi connectivity index (χ1v) is 9.16. The number of alkyl halides is 1. The topological polar surface area (TPSA) is 72.9 Å². The van der Waals surface area contributed by atoms with E-state index in [1.54, 1.807) is 10.7 Å². The second-order valence-electron chi connectivity index (χ2n) is 7.51. The van der Waals surface area contributed by atoms with Crippen molar-refractivity contribution in [3.8, 4) is 11.3 Å². The van der Waals surface area contributed by atoms with Crippen molar-refractivity contribution >= 4 is 22.6 Å². The van der Waals surface area contributed by atoms with Crippen LogP contribution in [0.4, 0.5) is 10.3 Å². The molecule has 0 saturated heterocycles. The van der Waals surface area contributed by atoms with Crippen molar-refractivity contribution in [2.75, 3.05) is 11.9 Å². The molecule has 0 atom stereocenters. The van der Waals surface area contributed by atoms with E-state index in [0.29, 0.717) is 18.8 Å². The highest BCUT2D eigenvalue weighted by Gasteiger charge is 2.39. The van der Waals surface area contributed by atoms with Gasteiger partial charge < -0.3 is 9.88 Å². The first-order valence-electron chi connectivity index (χ1n) is 9.16. The quantitative estimate of drug-likeness (QED) is 0.552. The number of halogens is 1. The zero-order chi connectivity index (χ0) is 19.5. The average molecular weight is 377 g/mol. The van der Waals surface area contributed by atoms with Gasteiger partial charge in [-0.3, -0.25) is 0 Å². The molecule has 4 aromatic rings. The molecule has 0 bridgehead atoms. The molecular formula is C20H20FN7. The van der Waals surface area contributed by atoms with E-state index in [1.165, 1.54) is 0 Å². The highest BCUT2D eigenvalue weighted by Crippen LogP contribution is 2.39. The molecule has 0 spiro atoms. The van der Waals surface area contributed by atoms with Gasteiger partial charge >= 0.3 is 0 Å². The lowest BCUT2D eigenvalue weighted by Gasteiger charge is -2.35. The summed E-state index contributed by atoms with van der Waals surface area (Å²) in [4.78, 5) is 13.6. The Hall–Kier alpha value is -3.29. The van der Waals surface area contributed by atoms with Gasteiger partial charge in [0.05, 0.1) is 24.0 Å². The first-order chi connectivity index (χ1) is 13.4. The van der Waals surface area contributed by atoms with Crippen LogP contribution in [0, 0.1) is 6.92 Å². The highest BCUT2D eigenvalue weighted by atomic mass is 19.1. The lowest BCUT2D eigenvalue weighted by molar-refractivity contribution is 0.128. The Morgan fingerprint density at radius 3 is 2.86 bits per heavy atom. The minimum Gasteiger partial charge on any atom is -0.350 e. The molecule has 1 N–H and O–H groups in total. The second-order valence-corrected chi connectivity index (χ2v) is 7.51. The fourth-order valence-electron chi connectivity index (χ4n) is 3.73. The Morgan fingerprint density at radius 2 is 2.07 bits per heavy atom. The van der Waals surface area contributed by atoms with E-state index in [-0.39, 0.29) is 6.54 Å². The minimum atomic E-state index is -1.24. The Balaban J connectivity index is 1.45. The number of nitrogens with one attached hydrogen (secondary N) is 1. The SMILES string of the molecule is C=C1CC(F)(CNc2ncc3c(-c4ccc5nc(C)n(C)c5n4)ccn3n2)C1. The van der Waals surface area contributed by atoms with Gasteiger partial charge in [-0.05, 0) is 25.1 Å². The van der Waals surface area contributed by atoms with Gasteiger partial charge in [0.2, 0.25) is 5.95 Å². The Kier molecular flexibility index (Phi) is 3.52. The van der Waals surface area contributed by atoms with Gasteiger partial charge in [-0.15, -0.1) is 5.10 Å². The number of anilines is 1. The van der Waals surface area contributed by atoms with Crippen LogP contribution in [0.1, 0.15) is 18.7 Å². The molecular weight excluding hydrogens is 357 g/mol. The van der Waals surface area contributed by atoms with Crippen LogP contribution < -0.4 is 5.32 Å². The monoisotopic (exact) mass is 377 g/mol. The Morgan fingerprint density at radius 1 is 1.25 bits per heavy atom. The molecule has 7 nitrogen and oxygen atoms in total. The predicted molar refractivity (Wildman–Crippen MR) is 106 cm³/mol. The van der Waals surface area contributed by atoms with Gasteiger partial charge in [0.15, 0.2) is 5.65 Å². The molecule has 28 heavy (non-hydrogen) atoms. The molecule has 142 valence electrons. The summed E-state index contributed by atoms with van der Waals surface area (Å²) in [5.74, 6) is 1.32. The number of allylic oxidation sites excluding steroid dienone is 1. The molecule has 0 unspecified atom stereocenters. The summed E-state index contributed by atoms with van der Waals surface area (Å²) < 4.78 is 18.0. The molecule has 0 radical (unpaired) electrons. The van der Waals surface area contributed by atoms with Gasteiger partial charge in [0.25, 0.3) is 0 Å². The molecule has 8 heteroatoms. The Bertz CT molecular complexity index is 1230.